The van der Waals surface area contributed by atoms with Gasteiger partial charge in [0, 0.05) is 11.3 Å². The highest BCUT2D eigenvalue weighted by molar-refractivity contribution is 8.00. The number of carbonyl (C=O) groups is 1. The number of alkyl halides is 3. The van der Waals surface area contributed by atoms with Crippen LogP contribution in [0.3, 0.4) is 0 Å². The Labute approximate surface area is 101 Å². The van der Waals surface area contributed by atoms with Crippen molar-refractivity contribution in [3.8, 4) is 5.75 Å². The molecular formula is C11H11F3O2S. The van der Waals surface area contributed by atoms with Gasteiger partial charge in [0.2, 0.25) is 0 Å². The summed E-state index contributed by atoms with van der Waals surface area (Å²) in [6.07, 6.45) is 0. The van der Waals surface area contributed by atoms with Crippen molar-refractivity contribution in [2.24, 2.45) is 0 Å². The van der Waals surface area contributed by atoms with Crippen molar-refractivity contribution in [2.75, 3.05) is 12.4 Å². The molecule has 0 atom stereocenters. The summed E-state index contributed by atoms with van der Waals surface area (Å²) in [4.78, 5) is 11.0. The SMILES string of the molecule is CC(=O)c1ccc(OCCSC(F)(F)F)cc1. The largest absolute Gasteiger partial charge is 0.493 e. The molecule has 1 rings (SSSR count). The third kappa shape index (κ3) is 5.63. The first-order chi connectivity index (χ1) is 7.88. The molecule has 0 unspecified atom stereocenters. The number of thioether (sulfide) groups is 1. The van der Waals surface area contributed by atoms with E-state index in [-0.39, 0.29) is 29.9 Å². The number of Topliss-reactive ketones (excluding diaryl/α,β-unsaturated/α-hetero) is 1. The molecule has 0 fully saturated rings. The van der Waals surface area contributed by atoms with Crippen molar-refractivity contribution in [3.63, 3.8) is 0 Å². The lowest BCUT2D eigenvalue weighted by molar-refractivity contribution is -0.0329. The summed E-state index contributed by atoms with van der Waals surface area (Å²) in [6.45, 7) is 1.42. The van der Waals surface area contributed by atoms with Gasteiger partial charge < -0.3 is 4.74 Å². The number of ketones is 1. The maximum atomic E-state index is 11.8. The number of benzene rings is 1. The van der Waals surface area contributed by atoms with Crippen molar-refractivity contribution in [3.05, 3.63) is 29.8 Å². The average Bonchev–Trinajstić information content (AvgIpc) is 2.24. The van der Waals surface area contributed by atoms with Crippen molar-refractivity contribution in [1.29, 1.82) is 0 Å². The first-order valence-electron chi connectivity index (χ1n) is 4.83. The quantitative estimate of drug-likeness (QED) is 0.601. The summed E-state index contributed by atoms with van der Waals surface area (Å²) in [5, 5.41) is 0. The van der Waals surface area contributed by atoms with Crippen LogP contribution < -0.4 is 4.74 Å². The van der Waals surface area contributed by atoms with Gasteiger partial charge in [0.05, 0.1) is 6.61 Å². The van der Waals surface area contributed by atoms with E-state index in [0.717, 1.165) is 0 Å². The molecule has 0 amide bonds. The Kier molecular flexibility index (Phi) is 4.86. The smallest absolute Gasteiger partial charge is 0.441 e. The number of ether oxygens (including phenoxy) is 1. The van der Waals surface area contributed by atoms with Crippen LogP contribution in [0.15, 0.2) is 24.3 Å². The van der Waals surface area contributed by atoms with Gasteiger partial charge >= 0.3 is 5.51 Å². The van der Waals surface area contributed by atoms with E-state index in [9.17, 15) is 18.0 Å². The lowest BCUT2D eigenvalue weighted by Crippen LogP contribution is -2.07. The zero-order valence-electron chi connectivity index (χ0n) is 9.08. The van der Waals surface area contributed by atoms with Gasteiger partial charge in [-0.2, -0.15) is 13.2 Å². The molecule has 1 aromatic rings. The second-order valence-electron chi connectivity index (χ2n) is 3.22. The number of hydrogen-bond acceptors (Lipinski definition) is 3. The Bertz CT molecular complexity index is 373. The van der Waals surface area contributed by atoms with Crippen molar-refractivity contribution in [1.82, 2.24) is 0 Å². The summed E-state index contributed by atoms with van der Waals surface area (Å²) in [5.74, 6) is 0.236. The lowest BCUT2D eigenvalue weighted by Gasteiger charge is -2.07. The lowest BCUT2D eigenvalue weighted by atomic mass is 10.1. The molecule has 0 N–H and O–H groups in total. The Balaban J connectivity index is 2.35. The van der Waals surface area contributed by atoms with E-state index in [0.29, 0.717) is 11.3 Å². The van der Waals surface area contributed by atoms with Crippen LogP contribution in [0, 0.1) is 0 Å². The molecule has 0 aliphatic carbocycles. The highest BCUT2D eigenvalue weighted by atomic mass is 32.2. The average molecular weight is 264 g/mol. The molecule has 0 aliphatic heterocycles. The summed E-state index contributed by atoms with van der Waals surface area (Å²) < 4.78 is 40.5. The summed E-state index contributed by atoms with van der Waals surface area (Å²) in [7, 11) is 0. The Morgan fingerprint density at radius 2 is 1.88 bits per heavy atom. The Morgan fingerprint density at radius 1 is 1.29 bits per heavy atom. The molecule has 94 valence electrons. The summed E-state index contributed by atoms with van der Waals surface area (Å²) in [6, 6.07) is 6.28. The maximum Gasteiger partial charge on any atom is 0.441 e. The van der Waals surface area contributed by atoms with Gasteiger partial charge in [0.15, 0.2) is 5.78 Å². The molecule has 17 heavy (non-hydrogen) atoms. The van der Waals surface area contributed by atoms with E-state index in [1.165, 1.54) is 6.92 Å². The van der Waals surface area contributed by atoms with Crippen molar-refractivity contribution >= 4 is 17.5 Å². The second-order valence-corrected chi connectivity index (χ2v) is 4.38. The monoisotopic (exact) mass is 264 g/mol. The van der Waals surface area contributed by atoms with E-state index in [1.54, 1.807) is 24.3 Å². The van der Waals surface area contributed by atoms with E-state index in [4.69, 9.17) is 4.74 Å². The van der Waals surface area contributed by atoms with Crippen LogP contribution in [0.2, 0.25) is 0 Å². The van der Waals surface area contributed by atoms with Gasteiger partial charge in [0.25, 0.3) is 0 Å². The predicted octanol–water partition coefficient (Wildman–Crippen LogP) is 3.52. The topological polar surface area (TPSA) is 26.3 Å². The van der Waals surface area contributed by atoms with Crippen molar-refractivity contribution in [2.45, 2.75) is 12.4 Å². The molecule has 0 saturated carbocycles. The standard InChI is InChI=1S/C11H11F3O2S/c1-8(15)9-2-4-10(5-3-9)16-6-7-17-11(12,13)14/h2-5H,6-7H2,1H3. The molecule has 0 aromatic heterocycles. The molecule has 0 saturated heterocycles. The highest BCUT2D eigenvalue weighted by Crippen LogP contribution is 2.29. The zero-order valence-corrected chi connectivity index (χ0v) is 9.90. The minimum atomic E-state index is -4.22. The van der Waals surface area contributed by atoms with Crippen LogP contribution in [0.1, 0.15) is 17.3 Å². The van der Waals surface area contributed by atoms with Gasteiger partial charge in [-0.05, 0) is 43.0 Å². The van der Waals surface area contributed by atoms with Gasteiger partial charge in [-0.1, -0.05) is 0 Å². The molecular weight excluding hydrogens is 253 g/mol. The fourth-order valence-electron chi connectivity index (χ4n) is 1.10. The first-order valence-corrected chi connectivity index (χ1v) is 5.81. The van der Waals surface area contributed by atoms with Crippen LogP contribution in [0.5, 0.6) is 5.75 Å². The number of hydrogen-bond donors (Lipinski definition) is 0. The summed E-state index contributed by atoms with van der Waals surface area (Å²) in [5.41, 5.74) is -3.68. The van der Waals surface area contributed by atoms with Gasteiger partial charge in [-0.3, -0.25) is 4.79 Å². The number of rotatable bonds is 5. The van der Waals surface area contributed by atoms with Gasteiger partial charge in [0.1, 0.15) is 5.75 Å². The third-order valence-electron chi connectivity index (χ3n) is 1.88. The molecule has 0 aliphatic rings. The molecule has 6 heteroatoms. The minimum Gasteiger partial charge on any atom is -0.493 e. The Hall–Kier alpha value is -1.17. The third-order valence-corrected chi connectivity index (χ3v) is 2.58. The fourth-order valence-corrected chi connectivity index (χ4v) is 1.50. The first kappa shape index (κ1) is 13.9. The highest BCUT2D eigenvalue weighted by Gasteiger charge is 2.27. The fraction of sp³-hybridized carbons (Fsp3) is 0.364. The molecule has 2 nitrogen and oxygen atoms in total. The van der Waals surface area contributed by atoms with Crippen LogP contribution in [-0.4, -0.2) is 23.7 Å². The normalized spacial score (nSPS) is 11.3. The maximum absolute atomic E-state index is 11.8. The van der Waals surface area contributed by atoms with E-state index < -0.39 is 5.51 Å². The van der Waals surface area contributed by atoms with E-state index in [1.807, 2.05) is 0 Å². The molecule has 1 aromatic carbocycles. The van der Waals surface area contributed by atoms with Crippen LogP contribution in [-0.2, 0) is 0 Å². The second kappa shape index (κ2) is 5.95. The van der Waals surface area contributed by atoms with Crippen LogP contribution in [0.25, 0.3) is 0 Å². The molecule has 0 heterocycles. The Morgan fingerprint density at radius 3 is 2.35 bits per heavy atom. The van der Waals surface area contributed by atoms with Gasteiger partial charge in [-0.25, -0.2) is 0 Å². The van der Waals surface area contributed by atoms with Gasteiger partial charge in [-0.15, -0.1) is 0 Å². The number of halogens is 3. The zero-order chi connectivity index (χ0) is 12.9. The molecule has 0 spiro atoms. The molecule has 0 bridgehead atoms. The summed E-state index contributed by atoms with van der Waals surface area (Å²) >= 11 is -0.118. The van der Waals surface area contributed by atoms with Crippen LogP contribution in [0.4, 0.5) is 13.2 Å². The molecule has 0 radical (unpaired) electrons. The van der Waals surface area contributed by atoms with Crippen molar-refractivity contribution < 1.29 is 22.7 Å². The van der Waals surface area contributed by atoms with E-state index in [2.05, 4.69) is 0 Å². The minimum absolute atomic E-state index is 0.0242. The van der Waals surface area contributed by atoms with E-state index >= 15 is 0 Å². The van der Waals surface area contributed by atoms with Crippen LogP contribution >= 0.6 is 11.8 Å². The number of carbonyl (C=O) groups excluding carboxylic acids is 1. The predicted molar refractivity (Wildman–Crippen MR) is 60.5 cm³/mol.